The number of carbonyl (C=O) groups is 1. The van der Waals surface area contributed by atoms with Crippen molar-refractivity contribution in [2.45, 2.75) is 58.0 Å². The Hall–Kier alpha value is -0.570. The third-order valence-electron chi connectivity index (χ3n) is 2.37. The lowest BCUT2D eigenvalue weighted by molar-refractivity contribution is -0.140. The van der Waals surface area contributed by atoms with Gasteiger partial charge in [0.1, 0.15) is 0 Å². The van der Waals surface area contributed by atoms with Gasteiger partial charge in [0, 0.05) is 6.42 Å². The van der Waals surface area contributed by atoms with Crippen LogP contribution in [0.15, 0.2) is 0 Å². The molecule has 0 atom stereocenters. The highest BCUT2D eigenvalue weighted by molar-refractivity contribution is 5.74. The SMILES string of the molecule is CCCC(=O)NOC1CCCCC1. The lowest BCUT2D eigenvalue weighted by atomic mass is 9.98. The average Bonchev–Trinajstić information content (AvgIpc) is 2.17. The lowest BCUT2D eigenvalue weighted by Crippen LogP contribution is -2.30. The normalized spacial score (nSPS) is 18.5. The largest absolute Gasteiger partial charge is 0.273 e. The second-order valence-electron chi connectivity index (χ2n) is 3.65. The van der Waals surface area contributed by atoms with Crippen LogP contribution in [0.2, 0.25) is 0 Å². The number of hydroxylamine groups is 1. The summed E-state index contributed by atoms with van der Waals surface area (Å²) in [6.45, 7) is 1.99. The molecule has 13 heavy (non-hydrogen) atoms. The molecule has 1 aliphatic rings. The van der Waals surface area contributed by atoms with Gasteiger partial charge in [-0.3, -0.25) is 9.63 Å². The van der Waals surface area contributed by atoms with Gasteiger partial charge in [0.15, 0.2) is 0 Å². The lowest BCUT2D eigenvalue weighted by Gasteiger charge is -2.21. The highest BCUT2D eigenvalue weighted by Gasteiger charge is 2.14. The smallest absolute Gasteiger partial charge is 0.243 e. The molecule has 0 heterocycles. The Morgan fingerprint density at radius 2 is 2.08 bits per heavy atom. The monoisotopic (exact) mass is 185 g/mol. The van der Waals surface area contributed by atoms with Crippen LogP contribution in [0, 0.1) is 0 Å². The van der Waals surface area contributed by atoms with E-state index in [4.69, 9.17) is 4.84 Å². The molecule has 1 aliphatic carbocycles. The molecule has 3 nitrogen and oxygen atoms in total. The Bertz CT molecular complexity index is 153. The molecule has 0 unspecified atom stereocenters. The van der Waals surface area contributed by atoms with E-state index in [-0.39, 0.29) is 12.0 Å². The van der Waals surface area contributed by atoms with Gasteiger partial charge in [-0.25, -0.2) is 5.48 Å². The van der Waals surface area contributed by atoms with Crippen molar-refractivity contribution in [3.63, 3.8) is 0 Å². The van der Waals surface area contributed by atoms with Crippen molar-refractivity contribution in [1.29, 1.82) is 0 Å². The zero-order valence-electron chi connectivity index (χ0n) is 8.34. The van der Waals surface area contributed by atoms with Crippen LogP contribution < -0.4 is 5.48 Å². The van der Waals surface area contributed by atoms with E-state index >= 15 is 0 Å². The van der Waals surface area contributed by atoms with E-state index in [1.54, 1.807) is 0 Å². The highest BCUT2D eigenvalue weighted by atomic mass is 16.7. The first-order chi connectivity index (χ1) is 6.33. The fourth-order valence-corrected chi connectivity index (χ4v) is 1.61. The summed E-state index contributed by atoms with van der Waals surface area (Å²) in [6, 6.07) is 0. The molecule has 0 aliphatic heterocycles. The van der Waals surface area contributed by atoms with Gasteiger partial charge in [-0.1, -0.05) is 26.2 Å². The van der Waals surface area contributed by atoms with Crippen molar-refractivity contribution in [1.82, 2.24) is 5.48 Å². The van der Waals surface area contributed by atoms with E-state index in [1.165, 1.54) is 19.3 Å². The minimum absolute atomic E-state index is 0.00748. The Labute approximate surface area is 79.8 Å². The van der Waals surface area contributed by atoms with Gasteiger partial charge in [-0.15, -0.1) is 0 Å². The van der Waals surface area contributed by atoms with Crippen LogP contribution >= 0.6 is 0 Å². The van der Waals surface area contributed by atoms with Gasteiger partial charge in [0.25, 0.3) is 0 Å². The quantitative estimate of drug-likeness (QED) is 0.682. The predicted molar refractivity (Wildman–Crippen MR) is 51.0 cm³/mol. The Morgan fingerprint density at radius 3 is 2.69 bits per heavy atom. The average molecular weight is 185 g/mol. The van der Waals surface area contributed by atoms with Crippen LogP contribution in [0.1, 0.15) is 51.9 Å². The molecule has 0 saturated heterocycles. The second-order valence-corrected chi connectivity index (χ2v) is 3.65. The summed E-state index contributed by atoms with van der Waals surface area (Å²) in [6.07, 6.45) is 7.64. The van der Waals surface area contributed by atoms with Gasteiger partial charge < -0.3 is 0 Å². The first kappa shape index (κ1) is 10.5. The van der Waals surface area contributed by atoms with Crippen LogP contribution in [0.4, 0.5) is 0 Å². The van der Waals surface area contributed by atoms with E-state index in [1.807, 2.05) is 6.92 Å². The van der Waals surface area contributed by atoms with Crippen molar-refractivity contribution in [3.8, 4) is 0 Å². The van der Waals surface area contributed by atoms with Crippen LogP contribution in [0.3, 0.4) is 0 Å². The van der Waals surface area contributed by atoms with E-state index in [9.17, 15) is 4.79 Å². The molecule has 1 amide bonds. The number of rotatable bonds is 4. The van der Waals surface area contributed by atoms with Crippen LogP contribution in [0.25, 0.3) is 0 Å². The molecule has 0 bridgehead atoms. The summed E-state index contributed by atoms with van der Waals surface area (Å²) >= 11 is 0. The molecule has 1 rings (SSSR count). The molecule has 1 saturated carbocycles. The molecule has 0 aromatic carbocycles. The van der Waals surface area contributed by atoms with E-state index in [0.717, 1.165) is 19.3 Å². The Balaban J connectivity index is 2.06. The van der Waals surface area contributed by atoms with Crippen molar-refractivity contribution in [2.75, 3.05) is 0 Å². The van der Waals surface area contributed by atoms with Crippen molar-refractivity contribution in [3.05, 3.63) is 0 Å². The second kappa shape index (κ2) is 5.97. The van der Waals surface area contributed by atoms with E-state index < -0.39 is 0 Å². The minimum atomic E-state index is 0.00748. The number of carbonyl (C=O) groups excluding carboxylic acids is 1. The molecule has 0 spiro atoms. The van der Waals surface area contributed by atoms with Crippen molar-refractivity contribution >= 4 is 5.91 Å². The van der Waals surface area contributed by atoms with Crippen molar-refractivity contribution in [2.24, 2.45) is 0 Å². The highest BCUT2D eigenvalue weighted by Crippen LogP contribution is 2.19. The third-order valence-corrected chi connectivity index (χ3v) is 2.37. The summed E-state index contributed by atoms with van der Waals surface area (Å²) in [5.74, 6) is 0.00748. The van der Waals surface area contributed by atoms with E-state index in [2.05, 4.69) is 5.48 Å². The molecule has 1 N–H and O–H groups in total. The third kappa shape index (κ3) is 4.27. The predicted octanol–water partition coefficient (Wildman–Crippen LogP) is 2.17. The standard InChI is InChI=1S/C10H19NO2/c1-2-6-10(12)11-13-9-7-4-3-5-8-9/h9H,2-8H2,1H3,(H,11,12). The first-order valence-electron chi connectivity index (χ1n) is 5.27. The molecule has 0 aromatic heterocycles. The van der Waals surface area contributed by atoms with Gasteiger partial charge in [0.2, 0.25) is 5.91 Å². The topological polar surface area (TPSA) is 38.3 Å². The molecule has 0 radical (unpaired) electrons. The minimum Gasteiger partial charge on any atom is -0.273 e. The Morgan fingerprint density at radius 1 is 1.38 bits per heavy atom. The summed E-state index contributed by atoms with van der Waals surface area (Å²) in [7, 11) is 0. The van der Waals surface area contributed by atoms with Gasteiger partial charge in [-0.2, -0.15) is 0 Å². The summed E-state index contributed by atoms with van der Waals surface area (Å²) in [5.41, 5.74) is 2.51. The van der Waals surface area contributed by atoms with Gasteiger partial charge in [-0.05, 0) is 19.3 Å². The van der Waals surface area contributed by atoms with Gasteiger partial charge >= 0.3 is 0 Å². The van der Waals surface area contributed by atoms with Crippen LogP contribution in [-0.4, -0.2) is 12.0 Å². The van der Waals surface area contributed by atoms with Crippen LogP contribution in [-0.2, 0) is 9.63 Å². The maximum absolute atomic E-state index is 11.0. The molecular formula is C10H19NO2. The molecule has 3 heteroatoms. The molecule has 76 valence electrons. The molecule has 1 fully saturated rings. The maximum Gasteiger partial charge on any atom is 0.243 e. The zero-order chi connectivity index (χ0) is 9.52. The summed E-state index contributed by atoms with van der Waals surface area (Å²) in [4.78, 5) is 16.3. The zero-order valence-corrected chi connectivity index (χ0v) is 8.34. The number of nitrogens with one attached hydrogen (secondary N) is 1. The van der Waals surface area contributed by atoms with E-state index in [0.29, 0.717) is 6.42 Å². The fraction of sp³-hybridized carbons (Fsp3) is 0.900. The first-order valence-corrected chi connectivity index (χ1v) is 5.27. The summed E-state index contributed by atoms with van der Waals surface area (Å²) < 4.78 is 0. The van der Waals surface area contributed by atoms with Crippen LogP contribution in [0.5, 0.6) is 0 Å². The number of hydrogen-bond acceptors (Lipinski definition) is 2. The van der Waals surface area contributed by atoms with Gasteiger partial charge in [0.05, 0.1) is 6.10 Å². The maximum atomic E-state index is 11.0. The summed E-state index contributed by atoms with van der Waals surface area (Å²) in [5, 5.41) is 0. The number of amides is 1. The molecular weight excluding hydrogens is 166 g/mol. The van der Waals surface area contributed by atoms with Crippen molar-refractivity contribution < 1.29 is 9.63 Å². The fourth-order valence-electron chi connectivity index (χ4n) is 1.61. The molecule has 0 aromatic rings. The Kier molecular flexibility index (Phi) is 4.83. The number of hydrogen-bond donors (Lipinski definition) is 1.